The van der Waals surface area contributed by atoms with E-state index in [1.807, 2.05) is 55.5 Å². The van der Waals surface area contributed by atoms with Crippen LogP contribution in [0, 0.1) is 0 Å². The van der Waals surface area contributed by atoms with E-state index in [9.17, 15) is 4.79 Å². The van der Waals surface area contributed by atoms with E-state index in [2.05, 4.69) is 20.5 Å². The maximum absolute atomic E-state index is 12.0. The first kappa shape index (κ1) is 15.9. The molecule has 0 radical (unpaired) electrons. The van der Waals surface area contributed by atoms with Crippen LogP contribution in [0.4, 0.5) is 0 Å². The summed E-state index contributed by atoms with van der Waals surface area (Å²) in [5, 5.41) is 10.9. The number of pyridine rings is 1. The zero-order valence-corrected chi connectivity index (χ0v) is 13.3. The summed E-state index contributed by atoms with van der Waals surface area (Å²) < 4.78 is 5.60. The SMILES string of the molecule is CC(NC(=O)CCc1nnc(-c2ccccc2)o1)c1ccccn1. The van der Waals surface area contributed by atoms with E-state index in [4.69, 9.17) is 4.42 Å². The van der Waals surface area contributed by atoms with Crippen molar-refractivity contribution < 1.29 is 9.21 Å². The zero-order chi connectivity index (χ0) is 16.8. The predicted molar refractivity (Wildman–Crippen MR) is 88.8 cm³/mol. The lowest BCUT2D eigenvalue weighted by molar-refractivity contribution is -0.121. The Morgan fingerprint density at radius 1 is 1.12 bits per heavy atom. The summed E-state index contributed by atoms with van der Waals surface area (Å²) in [5.74, 6) is 0.843. The summed E-state index contributed by atoms with van der Waals surface area (Å²) in [6, 6.07) is 15.0. The molecule has 6 heteroatoms. The largest absolute Gasteiger partial charge is 0.421 e. The molecule has 0 saturated heterocycles. The Morgan fingerprint density at radius 2 is 1.92 bits per heavy atom. The molecule has 1 atom stereocenters. The maximum atomic E-state index is 12.0. The number of nitrogens with one attached hydrogen (secondary N) is 1. The highest BCUT2D eigenvalue weighted by Crippen LogP contribution is 2.17. The normalized spacial score (nSPS) is 11.9. The summed E-state index contributed by atoms with van der Waals surface area (Å²) >= 11 is 0. The Kier molecular flexibility index (Phi) is 4.96. The van der Waals surface area contributed by atoms with Crippen LogP contribution in [0.15, 0.2) is 59.1 Å². The standard InChI is InChI=1S/C18H18N4O2/c1-13(15-9-5-6-12-19-15)20-16(23)10-11-17-21-22-18(24-17)14-7-3-2-4-8-14/h2-9,12-13H,10-11H2,1H3,(H,20,23). The van der Waals surface area contributed by atoms with Gasteiger partial charge in [0.15, 0.2) is 0 Å². The number of benzene rings is 1. The van der Waals surface area contributed by atoms with Crippen LogP contribution >= 0.6 is 0 Å². The van der Waals surface area contributed by atoms with E-state index in [1.54, 1.807) is 6.20 Å². The first-order chi connectivity index (χ1) is 11.7. The van der Waals surface area contributed by atoms with Crippen LogP contribution in [0.3, 0.4) is 0 Å². The van der Waals surface area contributed by atoms with Gasteiger partial charge in [0.05, 0.1) is 11.7 Å². The van der Waals surface area contributed by atoms with E-state index in [-0.39, 0.29) is 18.4 Å². The lowest BCUT2D eigenvalue weighted by Crippen LogP contribution is -2.27. The second-order valence-electron chi connectivity index (χ2n) is 5.41. The molecule has 1 unspecified atom stereocenters. The fourth-order valence-electron chi connectivity index (χ4n) is 2.29. The Morgan fingerprint density at radius 3 is 2.67 bits per heavy atom. The van der Waals surface area contributed by atoms with E-state index < -0.39 is 0 Å². The number of aryl methyl sites for hydroxylation is 1. The molecular weight excluding hydrogens is 304 g/mol. The molecule has 1 N–H and O–H groups in total. The number of carbonyl (C=O) groups excluding carboxylic acids is 1. The number of hydrogen-bond donors (Lipinski definition) is 1. The first-order valence-electron chi connectivity index (χ1n) is 7.80. The van der Waals surface area contributed by atoms with Crippen molar-refractivity contribution in [1.82, 2.24) is 20.5 Å². The third-order valence-corrected chi connectivity index (χ3v) is 3.56. The van der Waals surface area contributed by atoms with Crippen LogP contribution in [0.5, 0.6) is 0 Å². The maximum Gasteiger partial charge on any atom is 0.247 e. The van der Waals surface area contributed by atoms with E-state index in [1.165, 1.54) is 0 Å². The van der Waals surface area contributed by atoms with E-state index in [0.29, 0.717) is 18.2 Å². The number of carbonyl (C=O) groups is 1. The second-order valence-corrected chi connectivity index (χ2v) is 5.41. The van der Waals surface area contributed by atoms with Gasteiger partial charge in [-0.1, -0.05) is 24.3 Å². The molecule has 2 heterocycles. The molecule has 2 aromatic heterocycles. The molecule has 3 rings (SSSR count). The Bertz CT molecular complexity index is 787. The van der Waals surface area contributed by atoms with Gasteiger partial charge < -0.3 is 9.73 Å². The van der Waals surface area contributed by atoms with Gasteiger partial charge in [0, 0.05) is 24.6 Å². The minimum atomic E-state index is -0.138. The lowest BCUT2D eigenvalue weighted by Gasteiger charge is -2.12. The molecule has 122 valence electrons. The van der Waals surface area contributed by atoms with Crippen molar-refractivity contribution >= 4 is 5.91 Å². The molecule has 24 heavy (non-hydrogen) atoms. The summed E-state index contributed by atoms with van der Waals surface area (Å²) in [6.07, 6.45) is 2.40. The Balaban J connectivity index is 1.53. The quantitative estimate of drug-likeness (QED) is 0.754. The van der Waals surface area contributed by atoms with Crippen molar-refractivity contribution in [1.29, 1.82) is 0 Å². The minimum absolute atomic E-state index is 0.0763. The van der Waals surface area contributed by atoms with Crippen LogP contribution < -0.4 is 5.32 Å². The predicted octanol–water partition coefficient (Wildman–Crippen LogP) is 2.94. The summed E-state index contributed by atoms with van der Waals surface area (Å²) in [6.45, 7) is 1.90. The fraction of sp³-hybridized carbons (Fsp3) is 0.222. The van der Waals surface area contributed by atoms with Crippen molar-refractivity contribution in [2.45, 2.75) is 25.8 Å². The first-order valence-corrected chi connectivity index (χ1v) is 7.80. The highest BCUT2D eigenvalue weighted by Gasteiger charge is 2.13. The van der Waals surface area contributed by atoms with Gasteiger partial charge in [-0.15, -0.1) is 10.2 Å². The number of hydrogen-bond acceptors (Lipinski definition) is 5. The Labute approximate surface area is 140 Å². The van der Waals surface area contributed by atoms with E-state index >= 15 is 0 Å². The topological polar surface area (TPSA) is 80.9 Å². The molecule has 1 aromatic carbocycles. The monoisotopic (exact) mass is 322 g/mol. The fourth-order valence-corrected chi connectivity index (χ4v) is 2.29. The van der Waals surface area contributed by atoms with Crippen LogP contribution in [-0.4, -0.2) is 21.1 Å². The molecule has 1 amide bonds. The van der Waals surface area contributed by atoms with Crippen LogP contribution in [0.2, 0.25) is 0 Å². The van der Waals surface area contributed by atoms with Crippen molar-refractivity contribution in [3.63, 3.8) is 0 Å². The van der Waals surface area contributed by atoms with Gasteiger partial charge in [-0.3, -0.25) is 9.78 Å². The third-order valence-electron chi connectivity index (χ3n) is 3.56. The molecule has 0 spiro atoms. The molecule has 0 bridgehead atoms. The molecule has 0 aliphatic carbocycles. The number of amides is 1. The Hall–Kier alpha value is -3.02. The molecule has 6 nitrogen and oxygen atoms in total. The van der Waals surface area contributed by atoms with Gasteiger partial charge in [-0.2, -0.15) is 0 Å². The van der Waals surface area contributed by atoms with Crippen LogP contribution in [-0.2, 0) is 11.2 Å². The summed E-state index contributed by atoms with van der Waals surface area (Å²) in [4.78, 5) is 16.3. The van der Waals surface area contributed by atoms with Crippen molar-refractivity contribution in [3.8, 4) is 11.5 Å². The van der Waals surface area contributed by atoms with Crippen molar-refractivity contribution in [2.75, 3.05) is 0 Å². The van der Waals surface area contributed by atoms with E-state index in [0.717, 1.165) is 11.3 Å². The van der Waals surface area contributed by atoms with Gasteiger partial charge in [-0.05, 0) is 31.2 Å². The lowest BCUT2D eigenvalue weighted by atomic mass is 10.2. The van der Waals surface area contributed by atoms with Crippen LogP contribution in [0.25, 0.3) is 11.5 Å². The van der Waals surface area contributed by atoms with Gasteiger partial charge in [-0.25, -0.2) is 0 Å². The van der Waals surface area contributed by atoms with Gasteiger partial charge in [0.2, 0.25) is 17.7 Å². The minimum Gasteiger partial charge on any atom is -0.421 e. The smallest absolute Gasteiger partial charge is 0.247 e. The average Bonchev–Trinajstić information content (AvgIpc) is 3.10. The number of rotatable bonds is 6. The molecule has 3 aromatic rings. The van der Waals surface area contributed by atoms with Gasteiger partial charge in [0.25, 0.3) is 0 Å². The number of aromatic nitrogens is 3. The zero-order valence-electron chi connectivity index (χ0n) is 13.3. The molecule has 0 aliphatic rings. The van der Waals surface area contributed by atoms with Gasteiger partial charge in [0.1, 0.15) is 0 Å². The highest BCUT2D eigenvalue weighted by atomic mass is 16.4. The highest BCUT2D eigenvalue weighted by molar-refractivity contribution is 5.76. The van der Waals surface area contributed by atoms with Crippen molar-refractivity contribution in [2.24, 2.45) is 0 Å². The van der Waals surface area contributed by atoms with Crippen LogP contribution in [0.1, 0.15) is 31.0 Å². The number of nitrogens with zero attached hydrogens (tertiary/aromatic N) is 3. The molecule has 0 saturated carbocycles. The summed E-state index contributed by atoms with van der Waals surface area (Å²) in [7, 11) is 0. The average molecular weight is 322 g/mol. The summed E-state index contributed by atoms with van der Waals surface area (Å²) in [5.41, 5.74) is 1.69. The molecule has 0 fully saturated rings. The molecule has 0 aliphatic heterocycles. The van der Waals surface area contributed by atoms with Gasteiger partial charge >= 0.3 is 0 Å². The third kappa shape index (κ3) is 4.04. The van der Waals surface area contributed by atoms with Crippen molar-refractivity contribution in [3.05, 3.63) is 66.3 Å². The molecular formula is C18H18N4O2. The second kappa shape index (κ2) is 7.50.